The maximum atomic E-state index is 11.4. The summed E-state index contributed by atoms with van der Waals surface area (Å²) in [5, 5.41) is 4.86. The minimum absolute atomic E-state index is 0.296. The van der Waals surface area contributed by atoms with Crippen molar-refractivity contribution in [2.75, 3.05) is 0 Å². The number of carbonyl (C=O) groups excluding carboxylic acids is 1. The Balaban J connectivity index is 2.46. The van der Waals surface area contributed by atoms with Gasteiger partial charge in [-0.25, -0.2) is 5.84 Å². The average molecular weight is 265 g/mol. The topological polar surface area (TPSA) is 72.9 Å². The molecule has 0 spiro atoms. The maximum Gasteiger partial charge on any atom is 0.285 e. The van der Waals surface area contributed by atoms with E-state index in [1.54, 1.807) is 22.9 Å². The van der Waals surface area contributed by atoms with E-state index in [9.17, 15) is 4.79 Å². The Kier molecular flexibility index (Phi) is 3.64. The van der Waals surface area contributed by atoms with Crippen LogP contribution in [0.2, 0.25) is 5.02 Å². The van der Waals surface area contributed by atoms with Crippen LogP contribution in [0.3, 0.4) is 0 Å². The molecule has 0 unspecified atom stereocenters. The summed E-state index contributed by atoms with van der Waals surface area (Å²) in [7, 11) is 0. The number of nitrogens with zero attached hydrogens (tertiary/aromatic N) is 2. The second-order valence-corrected chi connectivity index (χ2v) is 4.15. The van der Waals surface area contributed by atoms with Crippen LogP contribution in [-0.4, -0.2) is 15.7 Å². The molecule has 2 rings (SSSR count). The number of nitrogens with one attached hydrogen (secondary N) is 1. The van der Waals surface area contributed by atoms with Gasteiger partial charge in [0.1, 0.15) is 0 Å². The number of halogens is 1. The van der Waals surface area contributed by atoms with Crippen molar-refractivity contribution in [1.82, 2.24) is 15.2 Å². The molecular formula is C12H13ClN4O. The Morgan fingerprint density at radius 1 is 1.44 bits per heavy atom. The molecule has 0 aliphatic carbocycles. The smallest absolute Gasteiger partial charge is 0.285 e. The standard InChI is InChI=1S/C12H13ClN4O/c1-2-17-11(7-10(16-17)12(18)15-14)8-3-5-9(13)6-4-8/h3-7H,2,14H2,1H3,(H,15,18). The van der Waals surface area contributed by atoms with Gasteiger partial charge in [0.15, 0.2) is 5.69 Å². The van der Waals surface area contributed by atoms with E-state index in [1.807, 2.05) is 19.1 Å². The van der Waals surface area contributed by atoms with Crippen LogP contribution in [0, 0.1) is 0 Å². The van der Waals surface area contributed by atoms with E-state index in [1.165, 1.54) is 0 Å². The Hall–Kier alpha value is -1.85. The van der Waals surface area contributed by atoms with Crippen molar-refractivity contribution < 1.29 is 4.79 Å². The number of amides is 1. The number of nitrogen functional groups attached to an aromatic ring is 1. The van der Waals surface area contributed by atoms with Crippen LogP contribution < -0.4 is 11.3 Å². The van der Waals surface area contributed by atoms with Gasteiger partial charge in [-0.1, -0.05) is 23.7 Å². The second-order valence-electron chi connectivity index (χ2n) is 3.71. The zero-order chi connectivity index (χ0) is 13.1. The lowest BCUT2D eigenvalue weighted by atomic mass is 10.1. The molecule has 0 atom stereocenters. The molecule has 18 heavy (non-hydrogen) atoms. The molecule has 94 valence electrons. The molecule has 0 aliphatic heterocycles. The number of benzene rings is 1. The van der Waals surface area contributed by atoms with Gasteiger partial charge in [-0.15, -0.1) is 0 Å². The highest BCUT2D eigenvalue weighted by atomic mass is 35.5. The molecule has 1 aromatic heterocycles. The van der Waals surface area contributed by atoms with E-state index in [4.69, 9.17) is 17.4 Å². The molecule has 6 heteroatoms. The molecule has 3 N–H and O–H groups in total. The van der Waals surface area contributed by atoms with E-state index in [2.05, 4.69) is 10.5 Å². The predicted octanol–water partition coefficient (Wildman–Crippen LogP) is 1.83. The first-order chi connectivity index (χ1) is 8.65. The van der Waals surface area contributed by atoms with Gasteiger partial charge in [0, 0.05) is 11.6 Å². The summed E-state index contributed by atoms with van der Waals surface area (Å²) in [4.78, 5) is 11.4. The summed E-state index contributed by atoms with van der Waals surface area (Å²) < 4.78 is 1.74. The lowest BCUT2D eigenvalue weighted by molar-refractivity contribution is 0.0948. The lowest BCUT2D eigenvalue weighted by Crippen LogP contribution is -2.30. The quantitative estimate of drug-likeness (QED) is 0.505. The molecule has 0 saturated heterocycles. The van der Waals surface area contributed by atoms with Crippen LogP contribution in [0.25, 0.3) is 11.3 Å². The summed E-state index contributed by atoms with van der Waals surface area (Å²) in [6, 6.07) is 9.07. The fraction of sp³-hybridized carbons (Fsp3) is 0.167. The number of hydrazine groups is 1. The molecule has 5 nitrogen and oxygen atoms in total. The van der Waals surface area contributed by atoms with E-state index >= 15 is 0 Å². The van der Waals surface area contributed by atoms with Crippen molar-refractivity contribution in [2.24, 2.45) is 5.84 Å². The highest BCUT2D eigenvalue weighted by molar-refractivity contribution is 6.30. The number of aryl methyl sites for hydroxylation is 1. The third-order valence-electron chi connectivity index (χ3n) is 2.58. The second kappa shape index (κ2) is 5.20. The number of hydrogen-bond acceptors (Lipinski definition) is 3. The third kappa shape index (κ3) is 2.37. The van der Waals surface area contributed by atoms with Crippen molar-refractivity contribution in [2.45, 2.75) is 13.5 Å². The van der Waals surface area contributed by atoms with Crippen LogP contribution >= 0.6 is 11.6 Å². The molecule has 1 aromatic carbocycles. The minimum Gasteiger partial charge on any atom is -0.289 e. The van der Waals surface area contributed by atoms with Crippen LogP contribution in [0.1, 0.15) is 17.4 Å². The van der Waals surface area contributed by atoms with Crippen LogP contribution in [0.15, 0.2) is 30.3 Å². The first-order valence-corrected chi connectivity index (χ1v) is 5.88. The van der Waals surface area contributed by atoms with Gasteiger partial charge < -0.3 is 0 Å². The normalized spacial score (nSPS) is 10.4. The van der Waals surface area contributed by atoms with Gasteiger partial charge in [0.25, 0.3) is 5.91 Å². The molecule has 0 bridgehead atoms. The summed E-state index contributed by atoms with van der Waals surface area (Å²) in [6.07, 6.45) is 0. The molecule has 0 fully saturated rings. The first kappa shape index (κ1) is 12.6. The average Bonchev–Trinajstić information content (AvgIpc) is 2.83. The molecule has 1 amide bonds. The Morgan fingerprint density at radius 2 is 2.11 bits per heavy atom. The predicted molar refractivity (Wildman–Crippen MR) is 70.0 cm³/mol. The van der Waals surface area contributed by atoms with E-state index in [-0.39, 0.29) is 0 Å². The molecule has 2 aromatic rings. The largest absolute Gasteiger partial charge is 0.289 e. The first-order valence-electron chi connectivity index (χ1n) is 5.50. The van der Waals surface area contributed by atoms with E-state index in [0.717, 1.165) is 11.3 Å². The third-order valence-corrected chi connectivity index (χ3v) is 2.84. The van der Waals surface area contributed by atoms with Crippen LogP contribution in [-0.2, 0) is 6.54 Å². The number of hydrogen-bond donors (Lipinski definition) is 2. The Labute approximate surface area is 110 Å². The Bertz CT molecular complexity index is 562. The van der Waals surface area contributed by atoms with Crippen LogP contribution in [0.5, 0.6) is 0 Å². The van der Waals surface area contributed by atoms with E-state index in [0.29, 0.717) is 17.3 Å². The van der Waals surface area contributed by atoms with Gasteiger partial charge in [0.2, 0.25) is 0 Å². The van der Waals surface area contributed by atoms with Crippen LogP contribution in [0.4, 0.5) is 0 Å². The van der Waals surface area contributed by atoms with Crippen molar-refractivity contribution >= 4 is 17.5 Å². The lowest BCUT2D eigenvalue weighted by Gasteiger charge is -2.04. The van der Waals surface area contributed by atoms with Gasteiger partial charge in [0.05, 0.1) is 5.69 Å². The number of carbonyl (C=O) groups is 1. The van der Waals surface area contributed by atoms with Gasteiger partial charge in [-0.2, -0.15) is 5.10 Å². The monoisotopic (exact) mass is 264 g/mol. The highest BCUT2D eigenvalue weighted by Gasteiger charge is 2.13. The van der Waals surface area contributed by atoms with Gasteiger partial charge >= 0.3 is 0 Å². The summed E-state index contributed by atoms with van der Waals surface area (Å²) in [5.74, 6) is 4.69. The molecule has 0 radical (unpaired) electrons. The van der Waals surface area contributed by atoms with Crippen molar-refractivity contribution in [3.63, 3.8) is 0 Å². The van der Waals surface area contributed by atoms with Gasteiger partial charge in [-0.3, -0.25) is 14.9 Å². The van der Waals surface area contributed by atoms with Crippen molar-refractivity contribution in [3.8, 4) is 11.3 Å². The maximum absolute atomic E-state index is 11.4. The number of nitrogens with two attached hydrogens (primary N) is 1. The molecular weight excluding hydrogens is 252 g/mol. The molecule has 1 heterocycles. The summed E-state index contributed by atoms with van der Waals surface area (Å²) in [6.45, 7) is 2.62. The number of aromatic nitrogens is 2. The molecule has 0 saturated carbocycles. The minimum atomic E-state index is -0.405. The van der Waals surface area contributed by atoms with E-state index < -0.39 is 5.91 Å². The fourth-order valence-corrected chi connectivity index (χ4v) is 1.82. The van der Waals surface area contributed by atoms with Crippen molar-refractivity contribution in [1.29, 1.82) is 0 Å². The summed E-state index contributed by atoms with van der Waals surface area (Å²) in [5.41, 5.74) is 4.17. The Morgan fingerprint density at radius 3 is 2.67 bits per heavy atom. The SMILES string of the molecule is CCn1nc(C(=O)NN)cc1-c1ccc(Cl)cc1. The highest BCUT2D eigenvalue weighted by Crippen LogP contribution is 2.22. The molecule has 0 aliphatic rings. The zero-order valence-corrected chi connectivity index (χ0v) is 10.6. The number of rotatable bonds is 3. The van der Waals surface area contributed by atoms with Crippen molar-refractivity contribution in [3.05, 3.63) is 41.0 Å². The zero-order valence-electron chi connectivity index (χ0n) is 9.85. The van der Waals surface area contributed by atoms with Gasteiger partial charge in [-0.05, 0) is 30.7 Å². The summed E-state index contributed by atoms with van der Waals surface area (Å²) >= 11 is 5.85. The fourth-order valence-electron chi connectivity index (χ4n) is 1.70.